The Kier molecular flexibility index (Phi) is 6.41. The van der Waals surface area contributed by atoms with E-state index in [-0.39, 0.29) is 18.0 Å². The lowest BCUT2D eigenvalue weighted by molar-refractivity contribution is 0.0260. The van der Waals surface area contributed by atoms with Crippen molar-refractivity contribution < 1.29 is 17.9 Å². The molecule has 1 amide bonds. The van der Waals surface area contributed by atoms with E-state index >= 15 is 0 Å². The molecule has 4 rings (SSSR count). The quantitative estimate of drug-likeness (QED) is 0.565. The van der Waals surface area contributed by atoms with Gasteiger partial charge in [-0.3, -0.25) is 4.98 Å². The number of nitrogens with zero attached hydrogens (tertiary/aromatic N) is 3. The van der Waals surface area contributed by atoms with Gasteiger partial charge < -0.3 is 9.64 Å². The van der Waals surface area contributed by atoms with E-state index in [1.54, 1.807) is 29.4 Å². The summed E-state index contributed by atoms with van der Waals surface area (Å²) in [5.41, 5.74) is 0.904. The van der Waals surface area contributed by atoms with E-state index < -0.39 is 21.7 Å². The summed E-state index contributed by atoms with van der Waals surface area (Å²) in [5, 5.41) is 1.71. The van der Waals surface area contributed by atoms with Gasteiger partial charge >= 0.3 is 6.09 Å². The summed E-state index contributed by atoms with van der Waals surface area (Å²) in [6.07, 6.45) is 3.54. The van der Waals surface area contributed by atoms with Gasteiger partial charge in [-0.05, 0) is 50.3 Å². The lowest BCUT2D eigenvalue weighted by Gasteiger charge is -2.26. The summed E-state index contributed by atoms with van der Waals surface area (Å²) in [6.45, 7) is 6.75. The third kappa shape index (κ3) is 5.02. The van der Waals surface area contributed by atoms with Gasteiger partial charge in [-0.15, -0.1) is 0 Å². The Balaban J connectivity index is 1.69. The molecule has 2 aromatic carbocycles. The average Bonchev–Trinajstić information content (AvgIpc) is 3.05. The molecule has 0 aliphatic carbocycles. The molecule has 0 N–H and O–H groups in total. The molecule has 1 aliphatic rings. The molecule has 1 aromatic heterocycles. The standard InChI is InChI=1S/C25H29N3O4S/c1-25(2,3)32-24(29)27-14-7-15-28(17-16-27)33(30,31)22-11-10-20-18-26-13-12-21(20)23(22)19-8-5-4-6-9-19/h4-6,8-13,18H,7,14-17H2,1-3H3. The molecule has 1 fully saturated rings. The fourth-order valence-electron chi connectivity index (χ4n) is 4.05. The molecule has 0 spiro atoms. The number of aromatic nitrogens is 1. The number of carbonyl (C=O) groups is 1. The molecule has 0 bridgehead atoms. The van der Waals surface area contributed by atoms with E-state index in [1.165, 1.54) is 4.31 Å². The Morgan fingerprint density at radius 1 is 0.970 bits per heavy atom. The summed E-state index contributed by atoms with van der Waals surface area (Å²) in [6, 6.07) is 14.9. The smallest absolute Gasteiger partial charge is 0.410 e. The van der Waals surface area contributed by atoms with Crippen molar-refractivity contribution in [2.24, 2.45) is 0 Å². The van der Waals surface area contributed by atoms with E-state index in [0.29, 0.717) is 25.1 Å². The zero-order valence-electron chi connectivity index (χ0n) is 19.2. The number of rotatable bonds is 3. The first kappa shape index (κ1) is 23.2. The number of pyridine rings is 1. The van der Waals surface area contributed by atoms with Gasteiger partial charge in [-0.2, -0.15) is 4.31 Å². The number of fused-ring (bicyclic) bond motifs is 1. The lowest BCUT2D eigenvalue weighted by Crippen LogP contribution is -2.40. The van der Waals surface area contributed by atoms with Crippen molar-refractivity contribution in [1.29, 1.82) is 0 Å². The highest BCUT2D eigenvalue weighted by atomic mass is 32.2. The number of benzene rings is 2. The number of sulfonamides is 1. The molecule has 33 heavy (non-hydrogen) atoms. The minimum absolute atomic E-state index is 0.212. The van der Waals surface area contributed by atoms with Crippen molar-refractivity contribution in [3.8, 4) is 11.1 Å². The molecule has 0 radical (unpaired) electrons. The van der Waals surface area contributed by atoms with Crippen LogP contribution in [-0.2, 0) is 14.8 Å². The summed E-state index contributed by atoms with van der Waals surface area (Å²) in [5.74, 6) is 0. The number of carbonyl (C=O) groups excluding carboxylic acids is 1. The number of hydrogen-bond acceptors (Lipinski definition) is 5. The highest BCUT2D eigenvalue weighted by Gasteiger charge is 2.32. The first-order valence-electron chi connectivity index (χ1n) is 11.1. The second-order valence-electron chi connectivity index (χ2n) is 9.13. The molecule has 1 aliphatic heterocycles. The Hall–Kier alpha value is -2.97. The monoisotopic (exact) mass is 467 g/mol. The second kappa shape index (κ2) is 9.11. The molecule has 174 valence electrons. The zero-order valence-corrected chi connectivity index (χ0v) is 20.0. The van der Waals surface area contributed by atoms with E-state index in [9.17, 15) is 13.2 Å². The van der Waals surface area contributed by atoms with Crippen LogP contribution in [0.1, 0.15) is 27.2 Å². The maximum Gasteiger partial charge on any atom is 0.410 e. The van der Waals surface area contributed by atoms with Gasteiger partial charge in [0.05, 0.1) is 4.90 Å². The fourth-order valence-corrected chi connectivity index (χ4v) is 5.74. The molecule has 0 saturated carbocycles. The van der Waals surface area contributed by atoms with Crippen molar-refractivity contribution in [3.63, 3.8) is 0 Å². The van der Waals surface area contributed by atoms with Crippen LogP contribution in [0.5, 0.6) is 0 Å². The maximum atomic E-state index is 13.9. The normalized spacial score (nSPS) is 15.9. The van der Waals surface area contributed by atoms with Crippen molar-refractivity contribution >= 4 is 26.9 Å². The predicted molar refractivity (Wildman–Crippen MR) is 128 cm³/mol. The highest BCUT2D eigenvalue weighted by molar-refractivity contribution is 7.89. The van der Waals surface area contributed by atoms with Gasteiger partial charge in [-0.25, -0.2) is 13.2 Å². The van der Waals surface area contributed by atoms with Crippen LogP contribution in [0.4, 0.5) is 4.79 Å². The largest absolute Gasteiger partial charge is 0.444 e. The summed E-state index contributed by atoms with van der Waals surface area (Å²) < 4.78 is 34.7. The third-order valence-corrected chi connectivity index (χ3v) is 7.51. The Morgan fingerprint density at radius 3 is 2.45 bits per heavy atom. The molecule has 8 heteroatoms. The topological polar surface area (TPSA) is 79.8 Å². The number of hydrogen-bond donors (Lipinski definition) is 0. The second-order valence-corrected chi connectivity index (χ2v) is 11.0. The Morgan fingerprint density at radius 2 is 1.73 bits per heavy atom. The summed E-state index contributed by atoms with van der Waals surface area (Å²) >= 11 is 0. The Bertz CT molecular complexity index is 1250. The van der Waals surface area contributed by atoms with E-state index in [4.69, 9.17) is 4.74 Å². The SMILES string of the molecule is CC(C)(C)OC(=O)N1CCCN(S(=O)(=O)c2ccc3cnccc3c2-c2ccccc2)CC1. The van der Waals surface area contributed by atoms with Crippen molar-refractivity contribution in [2.45, 2.75) is 37.7 Å². The van der Waals surface area contributed by atoms with Gasteiger partial charge in [0.15, 0.2) is 0 Å². The number of amides is 1. The minimum atomic E-state index is -3.81. The van der Waals surface area contributed by atoms with Crippen LogP contribution >= 0.6 is 0 Å². The molecule has 7 nitrogen and oxygen atoms in total. The highest BCUT2D eigenvalue weighted by Crippen LogP contribution is 2.36. The van der Waals surface area contributed by atoms with Crippen LogP contribution in [0.15, 0.2) is 65.8 Å². The first-order valence-corrected chi connectivity index (χ1v) is 12.5. The van der Waals surface area contributed by atoms with Gasteiger partial charge in [0.1, 0.15) is 5.60 Å². The van der Waals surface area contributed by atoms with E-state index in [1.807, 2.05) is 57.2 Å². The molecule has 0 atom stereocenters. The van der Waals surface area contributed by atoms with Crippen molar-refractivity contribution in [3.05, 3.63) is 60.9 Å². The maximum absolute atomic E-state index is 13.9. The predicted octanol–water partition coefficient (Wildman–Crippen LogP) is 4.53. The molecule has 0 unspecified atom stereocenters. The zero-order chi connectivity index (χ0) is 23.6. The number of ether oxygens (including phenoxy) is 1. The fraction of sp³-hybridized carbons (Fsp3) is 0.360. The Labute approximate surface area is 195 Å². The lowest BCUT2D eigenvalue weighted by atomic mass is 9.99. The molecule has 1 saturated heterocycles. The summed E-state index contributed by atoms with van der Waals surface area (Å²) in [4.78, 5) is 18.5. The molecular formula is C25H29N3O4S. The third-order valence-electron chi connectivity index (χ3n) is 5.57. The van der Waals surface area contributed by atoms with Crippen LogP contribution < -0.4 is 0 Å². The van der Waals surface area contributed by atoms with Crippen molar-refractivity contribution in [1.82, 2.24) is 14.2 Å². The molecular weight excluding hydrogens is 438 g/mol. The van der Waals surface area contributed by atoms with Gasteiger partial charge in [0.2, 0.25) is 10.0 Å². The van der Waals surface area contributed by atoms with Crippen LogP contribution in [0.2, 0.25) is 0 Å². The summed E-state index contributed by atoms with van der Waals surface area (Å²) in [7, 11) is -3.81. The van der Waals surface area contributed by atoms with E-state index in [2.05, 4.69) is 4.98 Å². The van der Waals surface area contributed by atoms with Crippen LogP contribution in [0.3, 0.4) is 0 Å². The molecule has 3 aromatic rings. The van der Waals surface area contributed by atoms with Gasteiger partial charge in [0, 0.05) is 49.5 Å². The van der Waals surface area contributed by atoms with Crippen LogP contribution in [0.25, 0.3) is 21.9 Å². The van der Waals surface area contributed by atoms with Crippen LogP contribution in [0, 0.1) is 0 Å². The average molecular weight is 468 g/mol. The van der Waals surface area contributed by atoms with E-state index in [0.717, 1.165) is 16.3 Å². The van der Waals surface area contributed by atoms with Crippen molar-refractivity contribution in [2.75, 3.05) is 26.2 Å². The van der Waals surface area contributed by atoms with Crippen LogP contribution in [-0.4, -0.2) is 60.5 Å². The molecule has 2 heterocycles. The first-order chi connectivity index (χ1) is 15.7. The minimum Gasteiger partial charge on any atom is -0.444 e. The van der Waals surface area contributed by atoms with Gasteiger partial charge in [0.25, 0.3) is 0 Å². The van der Waals surface area contributed by atoms with Gasteiger partial charge in [-0.1, -0.05) is 36.4 Å².